The normalized spacial score (nSPS) is 11.5. The Kier molecular flexibility index (Phi) is 4.94. The van der Waals surface area contributed by atoms with Gasteiger partial charge in [-0.25, -0.2) is 13.1 Å². The van der Waals surface area contributed by atoms with Gasteiger partial charge >= 0.3 is 0 Å². The third-order valence-electron chi connectivity index (χ3n) is 3.18. The van der Waals surface area contributed by atoms with Crippen molar-refractivity contribution in [3.8, 4) is 0 Å². The lowest BCUT2D eigenvalue weighted by atomic mass is 10.1. The second-order valence-corrected chi connectivity index (χ2v) is 6.46. The fourth-order valence-electron chi connectivity index (χ4n) is 1.93. The van der Waals surface area contributed by atoms with Crippen LogP contribution in [0.25, 0.3) is 0 Å². The fraction of sp³-hybridized carbons (Fsp3) is 0.308. The van der Waals surface area contributed by atoms with E-state index < -0.39 is 10.0 Å². The van der Waals surface area contributed by atoms with E-state index in [0.717, 1.165) is 17.7 Å². The highest BCUT2D eigenvalue weighted by Crippen LogP contribution is 2.13. The highest BCUT2D eigenvalue weighted by Gasteiger charge is 2.13. The highest BCUT2D eigenvalue weighted by molar-refractivity contribution is 7.89. The standard InChI is InChI=1S/C13H19N5O2S/c1-10-11(9-15-18-10)3-2-8-16-21(19,20)13-6-4-12(17-14)5-7-13/h4-7,9,16-17H,2-3,8,14H2,1H3,(H,15,18). The molecule has 0 amide bonds. The summed E-state index contributed by atoms with van der Waals surface area (Å²) in [4.78, 5) is 0.223. The molecule has 2 rings (SSSR count). The minimum absolute atomic E-state index is 0.223. The van der Waals surface area contributed by atoms with E-state index in [-0.39, 0.29) is 4.90 Å². The molecule has 0 saturated heterocycles. The summed E-state index contributed by atoms with van der Waals surface area (Å²) in [6, 6.07) is 6.25. The molecule has 0 aliphatic rings. The van der Waals surface area contributed by atoms with Crippen LogP contribution in [0, 0.1) is 6.92 Å². The summed E-state index contributed by atoms with van der Waals surface area (Å²) >= 11 is 0. The number of nitrogen functional groups attached to an aromatic ring is 1. The number of hydrazine groups is 1. The summed E-state index contributed by atoms with van der Waals surface area (Å²) in [6.07, 6.45) is 3.26. The smallest absolute Gasteiger partial charge is 0.240 e. The van der Waals surface area contributed by atoms with Crippen LogP contribution < -0.4 is 16.0 Å². The number of aryl methyl sites for hydroxylation is 2. The zero-order chi connectivity index (χ0) is 15.3. The molecule has 0 atom stereocenters. The van der Waals surface area contributed by atoms with Crippen LogP contribution in [0.5, 0.6) is 0 Å². The average Bonchev–Trinajstić information content (AvgIpc) is 2.89. The van der Waals surface area contributed by atoms with E-state index in [1.165, 1.54) is 12.1 Å². The summed E-state index contributed by atoms with van der Waals surface area (Å²) in [7, 11) is -3.48. The van der Waals surface area contributed by atoms with Crippen LogP contribution in [0.1, 0.15) is 17.7 Å². The SMILES string of the molecule is Cc1[nH]ncc1CCCNS(=O)(=O)c1ccc(NN)cc1. The number of sulfonamides is 1. The number of benzene rings is 1. The van der Waals surface area contributed by atoms with E-state index in [9.17, 15) is 8.42 Å². The van der Waals surface area contributed by atoms with E-state index in [1.807, 2.05) is 6.92 Å². The number of hydrogen-bond donors (Lipinski definition) is 4. The average molecular weight is 309 g/mol. The zero-order valence-corrected chi connectivity index (χ0v) is 12.6. The molecule has 114 valence electrons. The van der Waals surface area contributed by atoms with Crippen molar-refractivity contribution in [2.75, 3.05) is 12.0 Å². The van der Waals surface area contributed by atoms with Crippen molar-refractivity contribution in [1.82, 2.24) is 14.9 Å². The molecule has 1 aromatic heterocycles. The number of H-pyrrole nitrogens is 1. The Morgan fingerprint density at radius 2 is 2.00 bits per heavy atom. The van der Waals surface area contributed by atoms with Gasteiger partial charge in [0, 0.05) is 17.9 Å². The first-order chi connectivity index (χ1) is 10.0. The summed E-state index contributed by atoms with van der Waals surface area (Å²) in [5.41, 5.74) is 5.23. The number of nitrogens with one attached hydrogen (secondary N) is 3. The van der Waals surface area contributed by atoms with Gasteiger partial charge in [0.1, 0.15) is 0 Å². The van der Waals surface area contributed by atoms with Gasteiger partial charge in [-0.2, -0.15) is 5.10 Å². The molecule has 2 aromatic rings. The molecule has 0 saturated carbocycles. The third-order valence-corrected chi connectivity index (χ3v) is 4.66. The predicted molar refractivity (Wildman–Crippen MR) is 81.1 cm³/mol. The maximum atomic E-state index is 12.1. The molecule has 0 spiro atoms. The van der Waals surface area contributed by atoms with Gasteiger partial charge in [0.2, 0.25) is 10.0 Å². The second-order valence-electron chi connectivity index (χ2n) is 4.69. The van der Waals surface area contributed by atoms with E-state index in [0.29, 0.717) is 18.7 Å². The van der Waals surface area contributed by atoms with Gasteiger partial charge in [-0.15, -0.1) is 0 Å². The first-order valence-electron chi connectivity index (χ1n) is 6.58. The van der Waals surface area contributed by atoms with Crippen LogP contribution in [-0.2, 0) is 16.4 Å². The van der Waals surface area contributed by atoms with Crippen LogP contribution in [0.3, 0.4) is 0 Å². The molecular formula is C13H19N5O2S. The van der Waals surface area contributed by atoms with Crippen molar-refractivity contribution in [2.45, 2.75) is 24.7 Å². The lowest BCUT2D eigenvalue weighted by Crippen LogP contribution is -2.25. The molecule has 0 fully saturated rings. The molecule has 0 aliphatic heterocycles. The molecule has 1 aromatic carbocycles. The molecule has 0 radical (unpaired) electrons. The van der Waals surface area contributed by atoms with E-state index in [1.54, 1.807) is 18.3 Å². The maximum Gasteiger partial charge on any atom is 0.240 e. The number of nitrogens with two attached hydrogens (primary N) is 1. The Balaban J connectivity index is 1.87. The van der Waals surface area contributed by atoms with Gasteiger partial charge in [-0.3, -0.25) is 10.9 Å². The molecule has 0 aliphatic carbocycles. The van der Waals surface area contributed by atoms with Crippen molar-refractivity contribution in [3.05, 3.63) is 41.7 Å². The molecule has 5 N–H and O–H groups in total. The molecule has 0 bridgehead atoms. The van der Waals surface area contributed by atoms with Crippen molar-refractivity contribution < 1.29 is 8.42 Å². The number of aromatic amines is 1. The van der Waals surface area contributed by atoms with Crippen LogP contribution in [0.15, 0.2) is 35.4 Å². The number of aromatic nitrogens is 2. The Morgan fingerprint density at radius 3 is 2.57 bits per heavy atom. The Morgan fingerprint density at radius 1 is 1.29 bits per heavy atom. The van der Waals surface area contributed by atoms with E-state index >= 15 is 0 Å². The van der Waals surface area contributed by atoms with Crippen LogP contribution in [0.2, 0.25) is 0 Å². The number of nitrogens with zero attached hydrogens (tertiary/aromatic N) is 1. The van der Waals surface area contributed by atoms with Crippen molar-refractivity contribution >= 4 is 15.7 Å². The van der Waals surface area contributed by atoms with Gasteiger partial charge in [-0.1, -0.05) is 0 Å². The van der Waals surface area contributed by atoms with Gasteiger partial charge in [0.25, 0.3) is 0 Å². The minimum Gasteiger partial charge on any atom is -0.324 e. The Bertz CT molecular complexity index is 679. The minimum atomic E-state index is -3.48. The highest BCUT2D eigenvalue weighted by atomic mass is 32.2. The van der Waals surface area contributed by atoms with Crippen molar-refractivity contribution in [3.63, 3.8) is 0 Å². The summed E-state index contributed by atoms with van der Waals surface area (Å²) in [6.45, 7) is 2.32. The first kappa shape index (κ1) is 15.5. The van der Waals surface area contributed by atoms with E-state index in [2.05, 4.69) is 20.3 Å². The number of hydrogen-bond acceptors (Lipinski definition) is 5. The number of anilines is 1. The monoisotopic (exact) mass is 309 g/mol. The Labute approximate surface area is 124 Å². The van der Waals surface area contributed by atoms with Gasteiger partial charge < -0.3 is 5.43 Å². The molecule has 8 heteroatoms. The lowest BCUT2D eigenvalue weighted by Gasteiger charge is -2.07. The fourth-order valence-corrected chi connectivity index (χ4v) is 3.00. The van der Waals surface area contributed by atoms with Gasteiger partial charge in [0.15, 0.2) is 0 Å². The quantitative estimate of drug-likeness (QED) is 0.345. The van der Waals surface area contributed by atoms with E-state index in [4.69, 9.17) is 5.84 Å². The van der Waals surface area contributed by atoms with Crippen LogP contribution >= 0.6 is 0 Å². The van der Waals surface area contributed by atoms with Gasteiger partial charge in [-0.05, 0) is 49.6 Å². The lowest BCUT2D eigenvalue weighted by molar-refractivity contribution is 0.579. The van der Waals surface area contributed by atoms with Crippen LogP contribution in [0.4, 0.5) is 5.69 Å². The topological polar surface area (TPSA) is 113 Å². The summed E-state index contributed by atoms with van der Waals surface area (Å²) in [5.74, 6) is 5.24. The zero-order valence-electron chi connectivity index (χ0n) is 11.8. The Hall–Kier alpha value is -1.90. The second kappa shape index (κ2) is 6.70. The summed E-state index contributed by atoms with van der Waals surface area (Å²) < 4.78 is 26.7. The molecule has 1 heterocycles. The number of rotatable bonds is 7. The maximum absolute atomic E-state index is 12.1. The van der Waals surface area contributed by atoms with Gasteiger partial charge in [0.05, 0.1) is 11.1 Å². The van der Waals surface area contributed by atoms with Crippen molar-refractivity contribution in [1.29, 1.82) is 0 Å². The molecule has 21 heavy (non-hydrogen) atoms. The molecule has 7 nitrogen and oxygen atoms in total. The predicted octanol–water partition coefficient (Wildman–Crippen LogP) is 0.915. The third kappa shape index (κ3) is 4.03. The molecule has 0 unspecified atom stereocenters. The van der Waals surface area contributed by atoms with Crippen LogP contribution in [-0.4, -0.2) is 25.2 Å². The molecular weight excluding hydrogens is 290 g/mol. The summed E-state index contributed by atoms with van der Waals surface area (Å²) in [5, 5.41) is 6.79. The largest absolute Gasteiger partial charge is 0.324 e. The van der Waals surface area contributed by atoms with Crippen molar-refractivity contribution in [2.24, 2.45) is 5.84 Å². The first-order valence-corrected chi connectivity index (χ1v) is 8.06.